The summed E-state index contributed by atoms with van der Waals surface area (Å²) in [4.78, 5) is 1.06. The highest BCUT2D eigenvalue weighted by Gasteiger charge is 1.99. The Hall–Kier alpha value is -0.860. The fourth-order valence-corrected chi connectivity index (χ4v) is 2.04. The molecule has 0 amide bonds. The summed E-state index contributed by atoms with van der Waals surface area (Å²) in [5.41, 5.74) is 0. The van der Waals surface area contributed by atoms with E-state index in [9.17, 15) is 0 Å². The minimum Gasteiger partial charge on any atom is -0.391 e. The number of aliphatic hydroxyl groups is 1. The Labute approximate surface area is 68.9 Å². The SMILES string of the molecule is OCc1scc2ccccc12. The predicted molar refractivity (Wildman–Crippen MR) is 47.7 cm³/mol. The molecule has 56 valence electrons. The van der Waals surface area contributed by atoms with Crippen LogP contribution < -0.4 is 0 Å². The maximum atomic E-state index is 8.93. The Morgan fingerprint density at radius 1 is 1.27 bits per heavy atom. The van der Waals surface area contributed by atoms with Crippen molar-refractivity contribution in [3.63, 3.8) is 0 Å². The van der Waals surface area contributed by atoms with Crippen LogP contribution >= 0.6 is 11.3 Å². The van der Waals surface area contributed by atoms with Gasteiger partial charge in [-0.3, -0.25) is 0 Å². The van der Waals surface area contributed by atoms with Crippen LogP contribution in [0.4, 0.5) is 0 Å². The number of rotatable bonds is 1. The number of thiophene rings is 1. The molecule has 0 saturated carbocycles. The third kappa shape index (κ3) is 1.04. The van der Waals surface area contributed by atoms with Gasteiger partial charge in [0, 0.05) is 4.88 Å². The predicted octanol–water partition coefficient (Wildman–Crippen LogP) is 2.39. The van der Waals surface area contributed by atoms with E-state index in [-0.39, 0.29) is 6.61 Å². The van der Waals surface area contributed by atoms with Gasteiger partial charge in [-0.05, 0) is 16.2 Å². The topological polar surface area (TPSA) is 20.2 Å². The Bertz CT molecular complexity index is 364. The van der Waals surface area contributed by atoms with Gasteiger partial charge in [-0.1, -0.05) is 24.3 Å². The van der Waals surface area contributed by atoms with E-state index in [2.05, 4.69) is 11.4 Å². The number of hydrogen-bond acceptors (Lipinski definition) is 2. The van der Waals surface area contributed by atoms with Crippen LogP contribution in [0, 0.1) is 0 Å². The van der Waals surface area contributed by atoms with Gasteiger partial charge in [-0.15, -0.1) is 11.3 Å². The van der Waals surface area contributed by atoms with Gasteiger partial charge in [-0.2, -0.15) is 0 Å². The fraction of sp³-hybridized carbons (Fsp3) is 0.111. The summed E-state index contributed by atoms with van der Waals surface area (Å²) < 4.78 is 0. The van der Waals surface area contributed by atoms with E-state index < -0.39 is 0 Å². The molecule has 0 unspecified atom stereocenters. The molecule has 0 saturated heterocycles. The molecule has 11 heavy (non-hydrogen) atoms. The van der Waals surface area contributed by atoms with Crippen molar-refractivity contribution < 1.29 is 5.11 Å². The second-order valence-corrected chi connectivity index (χ2v) is 3.37. The molecule has 2 heteroatoms. The van der Waals surface area contributed by atoms with E-state index in [4.69, 9.17) is 5.11 Å². The number of aliphatic hydroxyl groups excluding tert-OH is 1. The van der Waals surface area contributed by atoms with Gasteiger partial charge in [0.2, 0.25) is 0 Å². The number of benzene rings is 1. The van der Waals surface area contributed by atoms with Gasteiger partial charge in [0.25, 0.3) is 0 Å². The number of hydrogen-bond donors (Lipinski definition) is 1. The Kier molecular flexibility index (Phi) is 1.64. The van der Waals surface area contributed by atoms with Gasteiger partial charge < -0.3 is 5.11 Å². The van der Waals surface area contributed by atoms with Crippen LogP contribution in [0.25, 0.3) is 10.8 Å². The first-order valence-corrected chi connectivity index (χ1v) is 4.36. The van der Waals surface area contributed by atoms with Crippen LogP contribution in [-0.4, -0.2) is 5.11 Å². The highest BCUT2D eigenvalue weighted by Crippen LogP contribution is 2.24. The lowest BCUT2D eigenvalue weighted by Crippen LogP contribution is -1.75. The monoisotopic (exact) mass is 164 g/mol. The molecular weight excluding hydrogens is 156 g/mol. The largest absolute Gasteiger partial charge is 0.391 e. The molecule has 1 nitrogen and oxygen atoms in total. The van der Waals surface area contributed by atoms with Crippen LogP contribution in [0.15, 0.2) is 29.6 Å². The van der Waals surface area contributed by atoms with Crippen molar-refractivity contribution in [1.29, 1.82) is 0 Å². The summed E-state index contributed by atoms with van der Waals surface area (Å²) in [6.45, 7) is 0.151. The van der Waals surface area contributed by atoms with Crippen LogP contribution in [-0.2, 0) is 6.61 Å². The summed E-state index contributed by atoms with van der Waals surface area (Å²) >= 11 is 1.61. The Morgan fingerprint density at radius 2 is 2.09 bits per heavy atom. The van der Waals surface area contributed by atoms with Gasteiger partial charge in [0.15, 0.2) is 0 Å². The quantitative estimate of drug-likeness (QED) is 0.686. The van der Waals surface area contributed by atoms with Crippen LogP contribution in [0.3, 0.4) is 0 Å². The zero-order chi connectivity index (χ0) is 7.68. The second-order valence-electron chi connectivity index (χ2n) is 2.40. The van der Waals surface area contributed by atoms with Crippen molar-refractivity contribution in [3.05, 3.63) is 34.5 Å². The minimum absolute atomic E-state index is 0.151. The Balaban J connectivity index is 2.76. The first-order valence-electron chi connectivity index (χ1n) is 3.48. The van der Waals surface area contributed by atoms with Crippen LogP contribution in [0.1, 0.15) is 4.88 Å². The van der Waals surface area contributed by atoms with Crippen LogP contribution in [0.5, 0.6) is 0 Å². The van der Waals surface area contributed by atoms with Gasteiger partial charge in [-0.25, -0.2) is 0 Å². The van der Waals surface area contributed by atoms with E-state index in [1.54, 1.807) is 11.3 Å². The van der Waals surface area contributed by atoms with Gasteiger partial charge >= 0.3 is 0 Å². The van der Waals surface area contributed by atoms with Gasteiger partial charge in [0.05, 0.1) is 6.61 Å². The lowest BCUT2D eigenvalue weighted by atomic mass is 10.2. The van der Waals surface area contributed by atoms with E-state index in [1.165, 1.54) is 10.8 Å². The highest BCUT2D eigenvalue weighted by molar-refractivity contribution is 7.11. The van der Waals surface area contributed by atoms with E-state index in [1.807, 2.05) is 18.2 Å². The van der Waals surface area contributed by atoms with E-state index in [0.29, 0.717) is 0 Å². The van der Waals surface area contributed by atoms with Crippen molar-refractivity contribution in [2.24, 2.45) is 0 Å². The molecule has 0 bridgehead atoms. The summed E-state index contributed by atoms with van der Waals surface area (Å²) in [7, 11) is 0. The standard InChI is InChI=1S/C9H8OS/c10-5-9-8-4-2-1-3-7(8)6-11-9/h1-4,6,10H,5H2. The summed E-state index contributed by atoms with van der Waals surface area (Å²) in [6, 6.07) is 8.10. The zero-order valence-corrected chi connectivity index (χ0v) is 6.77. The molecule has 1 aromatic carbocycles. The highest BCUT2D eigenvalue weighted by atomic mass is 32.1. The molecule has 2 rings (SSSR count). The zero-order valence-electron chi connectivity index (χ0n) is 5.95. The maximum absolute atomic E-state index is 8.93. The third-order valence-electron chi connectivity index (χ3n) is 1.73. The molecule has 1 heterocycles. The molecule has 0 radical (unpaired) electrons. The molecule has 0 spiro atoms. The van der Waals surface area contributed by atoms with Crippen molar-refractivity contribution >= 4 is 22.1 Å². The third-order valence-corrected chi connectivity index (χ3v) is 2.74. The molecule has 1 N–H and O–H groups in total. The smallest absolute Gasteiger partial charge is 0.0780 e. The summed E-state index contributed by atoms with van der Waals surface area (Å²) in [5, 5.41) is 13.4. The molecule has 0 aliphatic heterocycles. The summed E-state index contributed by atoms with van der Waals surface area (Å²) in [6.07, 6.45) is 0. The fourth-order valence-electron chi connectivity index (χ4n) is 1.17. The first kappa shape index (κ1) is 6.83. The molecule has 0 fully saturated rings. The normalized spacial score (nSPS) is 10.6. The lowest BCUT2D eigenvalue weighted by molar-refractivity contribution is 0.287. The van der Waals surface area contributed by atoms with Crippen molar-refractivity contribution in [1.82, 2.24) is 0 Å². The molecule has 1 aromatic heterocycles. The second kappa shape index (κ2) is 2.64. The summed E-state index contributed by atoms with van der Waals surface area (Å²) in [5.74, 6) is 0. The van der Waals surface area contributed by atoms with Crippen molar-refractivity contribution in [2.45, 2.75) is 6.61 Å². The van der Waals surface area contributed by atoms with Gasteiger partial charge in [0.1, 0.15) is 0 Å². The molecular formula is C9H8OS. The Morgan fingerprint density at radius 3 is 2.91 bits per heavy atom. The molecule has 0 aliphatic carbocycles. The van der Waals surface area contributed by atoms with Crippen molar-refractivity contribution in [3.8, 4) is 0 Å². The maximum Gasteiger partial charge on any atom is 0.0780 e. The van der Waals surface area contributed by atoms with Crippen molar-refractivity contribution in [2.75, 3.05) is 0 Å². The molecule has 0 atom stereocenters. The average Bonchev–Trinajstić information content (AvgIpc) is 2.47. The van der Waals surface area contributed by atoms with E-state index >= 15 is 0 Å². The van der Waals surface area contributed by atoms with E-state index in [0.717, 1.165) is 4.88 Å². The van der Waals surface area contributed by atoms with Crippen LogP contribution in [0.2, 0.25) is 0 Å². The first-order chi connectivity index (χ1) is 5.42. The number of fused-ring (bicyclic) bond motifs is 1. The minimum atomic E-state index is 0.151. The molecule has 0 aliphatic rings. The molecule has 2 aromatic rings. The average molecular weight is 164 g/mol. The lowest BCUT2D eigenvalue weighted by Gasteiger charge is -1.90.